The molecule has 1 spiro atoms. The van der Waals surface area contributed by atoms with Gasteiger partial charge in [0.2, 0.25) is 5.72 Å². The number of para-hydroxylation sites is 1. The van der Waals surface area contributed by atoms with E-state index in [4.69, 9.17) is 4.74 Å². The molecule has 6 heteroatoms. The summed E-state index contributed by atoms with van der Waals surface area (Å²) in [6.45, 7) is 6.49. The van der Waals surface area contributed by atoms with Gasteiger partial charge in [-0.15, -0.1) is 0 Å². The molecule has 0 fully saturated rings. The van der Waals surface area contributed by atoms with Gasteiger partial charge in [-0.2, -0.15) is 0 Å². The summed E-state index contributed by atoms with van der Waals surface area (Å²) in [6.07, 6.45) is 18.4. The summed E-state index contributed by atoms with van der Waals surface area (Å²) in [5, 5.41) is 11.3. The Morgan fingerprint density at radius 1 is 0.872 bits per heavy atom. The van der Waals surface area contributed by atoms with E-state index in [0.29, 0.717) is 5.75 Å². The summed E-state index contributed by atoms with van der Waals surface area (Å²) >= 11 is 0. The molecule has 0 N–H and O–H groups in total. The van der Waals surface area contributed by atoms with E-state index in [1.165, 1.54) is 62.3 Å². The van der Waals surface area contributed by atoms with Crippen molar-refractivity contribution in [1.29, 1.82) is 0 Å². The summed E-state index contributed by atoms with van der Waals surface area (Å²) in [6, 6.07) is 19.7. The van der Waals surface area contributed by atoms with Crippen LogP contribution >= 0.6 is 0 Å². The van der Waals surface area contributed by atoms with Crippen molar-refractivity contribution >= 4 is 17.5 Å². The Hall–Kier alpha value is -3.67. The van der Waals surface area contributed by atoms with E-state index in [1.807, 2.05) is 6.08 Å². The van der Waals surface area contributed by atoms with Crippen LogP contribution in [0.3, 0.4) is 0 Å². The number of non-ortho nitro benzene ring substituents is 1. The molecule has 0 radical (unpaired) electrons. The van der Waals surface area contributed by atoms with Gasteiger partial charge in [-0.25, -0.2) is 4.57 Å². The Labute approximate surface area is 232 Å². The molecule has 2 aliphatic rings. The lowest BCUT2D eigenvalue weighted by molar-refractivity contribution is -0.697. The number of nitrogens with zero attached hydrogens (tertiary/aromatic N) is 3. The number of aromatic nitrogens is 1. The van der Waals surface area contributed by atoms with Crippen LogP contribution in [0.2, 0.25) is 0 Å². The molecule has 0 bridgehead atoms. The average Bonchev–Trinajstić information content (AvgIpc) is 3.12. The molecule has 2 aromatic carbocycles. The SMILES string of the molecule is CC1(C)c2ccccc2N(CCCCCCCCCC[n+]2ccccc2)C12C=Cc1cc([N+](=O)[O-])ccc1O2. The van der Waals surface area contributed by atoms with Crippen LogP contribution in [0, 0.1) is 10.1 Å². The van der Waals surface area contributed by atoms with E-state index < -0.39 is 5.72 Å². The molecule has 0 aliphatic carbocycles. The predicted octanol–water partition coefficient (Wildman–Crippen LogP) is 7.60. The topological polar surface area (TPSA) is 59.5 Å². The minimum Gasteiger partial charge on any atom is -0.463 e. The van der Waals surface area contributed by atoms with Gasteiger partial charge in [-0.05, 0) is 56.5 Å². The van der Waals surface area contributed by atoms with Crippen LogP contribution in [0.4, 0.5) is 11.4 Å². The number of rotatable bonds is 12. The number of unbranched alkanes of at least 4 members (excludes halogenated alkanes) is 7. The maximum absolute atomic E-state index is 11.3. The van der Waals surface area contributed by atoms with E-state index in [0.717, 1.165) is 25.1 Å². The second-order valence-corrected chi connectivity index (χ2v) is 11.3. The normalized spacial score (nSPS) is 18.6. The van der Waals surface area contributed by atoms with Gasteiger partial charge in [0.05, 0.1) is 10.3 Å². The molecule has 1 atom stereocenters. The highest BCUT2D eigenvalue weighted by Gasteiger charge is 2.58. The van der Waals surface area contributed by atoms with Gasteiger partial charge in [-0.1, -0.05) is 56.4 Å². The number of fused-ring (bicyclic) bond motifs is 2. The summed E-state index contributed by atoms with van der Waals surface area (Å²) in [7, 11) is 0. The number of ether oxygens (including phenoxy) is 1. The molecule has 204 valence electrons. The van der Waals surface area contributed by atoms with E-state index >= 15 is 0 Å². The molecule has 0 amide bonds. The number of benzene rings is 2. The first kappa shape index (κ1) is 26.9. The lowest BCUT2D eigenvalue weighted by atomic mass is 9.76. The van der Waals surface area contributed by atoms with Crippen molar-refractivity contribution in [3.63, 3.8) is 0 Å². The summed E-state index contributed by atoms with van der Waals surface area (Å²) in [5.41, 5.74) is 2.36. The van der Waals surface area contributed by atoms with Crippen LogP contribution in [-0.4, -0.2) is 17.2 Å². The van der Waals surface area contributed by atoms with E-state index in [9.17, 15) is 10.1 Å². The number of pyridine rings is 1. The largest absolute Gasteiger partial charge is 0.463 e. The number of nitro groups is 1. The smallest absolute Gasteiger partial charge is 0.270 e. The highest BCUT2D eigenvalue weighted by atomic mass is 16.6. The number of hydrogen-bond acceptors (Lipinski definition) is 4. The van der Waals surface area contributed by atoms with Gasteiger partial charge in [0, 0.05) is 48.5 Å². The molecule has 6 nitrogen and oxygen atoms in total. The zero-order valence-electron chi connectivity index (χ0n) is 23.2. The third-order valence-corrected chi connectivity index (χ3v) is 8.45. The zero-order valence-corrected chi connectivity index (χ0v) is 23.2. The minimum atomic E-state index is -0.670. The van der Waals surface area contributed by atoms with Crippen molar-refractivity contribution in [2.24, 2.45) is 0 Å². The van der Waals surface area contributed by atoms with Gasteiger partial charge in [0.15, 0.2) is 12.4 Å². The minimum absolute atomic E-state index is 0.0823. The van der Waals surface area contributed by atoms with E-state index in [2.05, 4.69) is 84.2 Å². The molecule has 2 aliphatic heterocycles. The Morgan fingerprint density at radius 3 is 2.31 bits per heavy atom. The first-order chi connectivity index (χ1) is 18.9. The molecular weight excluding hydrogens is 486 g/mol. The van der Waals surface area contributed by atoms with E-state index in [-0.39, 0.29) is 16.0 Å². The van der Waals surface area contributed by atoms with Crippen LogP contribution in [0.25, 0.3) is 6.08 Å². The molecule has 5 rings (SSSR count). The fraction of sp³-hybridized carbons (Fsp3) is 0.424. The molecule has 1 aromatic heterocycles. The molecular formula is C33H40N3O3+. The van der Waals surface area contributed by atoms with Crippen molar-refractivity contribution in [1.82, 2.24) is 0 Å². The standard InChI is InChI=1S/C33H40N3O3/c1-32(2)29-16-10-11-17-30(29)35(33(32)21-20-27-26-28(36(37)38)18-19-31(27)39-33)25-15-8-6-4-3-5-7-12-22-34-23-13-9-14-24-34/h9-11,13-14,16-21,23-24,26H,3-8,12,15,22,25H2,1-2H3/q+1. The second-order valence-electron chi connectivity index (χ2n) is 11.3. The predicted molar refractivity (Wildman–Crippen MR) is 156 cm³/mol. The summed E-state index contributed by atoms with van der Waals surface area (Å²) in [4.78, 5) is 13.3. The highest BCUT2D eigenvalue weighted by Crippen LogP contribution is 2.55. The van der Waals surface area contributed by atoms with Gasteiger partial charge < -0.3 is 9.64 Å². The van der Waals surface area contributed by atoms with Crippen molar-refractivity contribution in [3.05, 3.63) is 100 Å². The maximum atomic E-state index is 11.3. The number of nitro benzene ring substituents is 1. The summed E-state index contributed by atoms with van der Waals surface area (Å²) in [5.74, 6) is 0.694. The van der Waals surface area contributed by atoms with Crippen LogP contribution in [0.15, 0.2) is 79.1 Å². The average molecular weight is 527 g/mol. The fourth-order valence-electron chi connectivity index (χ4n) is 6.20. The number of hydrogen-bond donors (Lipinski definition) is 0. The first-order valence-electron chi connectivity index (χ1n) is 14.4. The van der Waals surface area contributed by atoms with Gasteiger partial charge in [-0.3, -0.25) is 10.1 Å². The van der Waals surface area contributed by atoms with E-state index in [1.54, 1.807) is 12.1 Å². The van der Waals surface area contributed by atoms with Crippen molar-refractivity contribution in [2.75, 3.05) is 11.4 Å². The van der Waals surface area contributed by atoms with Crippen LogP contribution in [0.1, 0.15) is 76.3 Å². The van der Waals surface area contributed by atoms with Gasteiger partial charge in [0.25, 0.3) is 5.69 Å². The Bertz CT molecular complexity index is 1320. The molecule has 0 saturated carbocycles. The molecule has 1 unspecified atom stereocenters. The zero-order chi connectivity index (χ0) is 27.3. The third kappa shape index (κ3) is 5.42. The van der Waals surface area contributed by atoms with Gasteiger partial charge in [0.1, 0.15) is 12.3 Å². The van der Waals surface area contributed by atoms with Crippen molar-refractivity contribution in [2.45, 2.75) is 82.9 Å². The Kier molecular flexibility index (Phi) is 8.01. The third-order valence-electron chi connectivity index (χ3n) is 8.45. The fourth-order valence-corrected chi connectivity index (χ4v) is 6.20. The monoisotopic (exact) mass is 526 g/mol. The Morgan fingerprint density at radius 2 is 1.56 bits per heavy atom. The van der Waals surface area contributed by atoms with Crippen LogP contribution in [-0.2, 0) is 12.0 Å². The van der Waals surface area contributed by atoms with Crippen molar-refractivity contribution in [3.8, 4) is 5.75 Å². The highest BCUT2D eigenvalue weighted by molar-refractivity contribution is 5.73. The molecule has 39 heavy (non-hydrogen) atoms. The van der Waals surface area contributed by atoms with Crippen LogP contribution in [0.5, 0.6) is 5.75 Å². The molecule has 3 heterocycles. The maximum Gasteiger partial charge on any atom is 0.270 e. The quantitative estimate of drug-likeness (QED) is 0.105. The van der Waals surface area contributed by atoms with Gasteiger partial charge >= 0.3 is 0 Å². The lowest BCUT2D eigenvalue weighted by Crippen LogP contribution is -2.59. The Balaban J connectivity index is 1.17. The second kappa shape index (κ2) is 11.6. The van der Waals surface area contributed by atoms with Crippen LogP contribution < -0.4 is 14.2 Å². The lowest BCUT2D eigenvalue weighted by Gasteiger charge is -2.47. The molecule has 0 saturated heterocycles. The first-order valence-corrected chi connectivity index (χ1v) is 14.4. The summed E-state index contributed by atoms with van der Waals surface area (Å²) < 4.78 is 9.07. The number of aryl methyl sites for hydroxylation is 1. The number of anilines is 1. The molecule has 3 aromatic rings. The van der Waals surface area contributed by atoms with Crippen molar-refractivity contribution < 1.29 is 14.2 Å².